The molecule has 2 aromatic carbocycles. The Morgan fingerprint density at radius 3 is 2.50 bits per heavy atom. The molecule has 144 valence electrons. The summed E-state index contributed by atoms with van der Waals surface area (Å²) in [6, 6.07) is 11.2. The molecule has 1 amide bonds. The van der Waals surface area contributed by atoms with Crippen LogP contribution in [0.1, 0.15) is 16.1 Å². The van der Waals surface area contributed by atoms with Gasteiger partial charge in [-0.05, 0) is 12.1 Å². The number of nitrogens with zero attached hydrogens (tertiary/aromatic N) is 1. The fourth-order valence-electron chi connectivity index (χ4n) is 3.11. The number of amides is 1. The van der Waals surface area contributed by atoms with E-state index in [0.717, 1.165) is 16.0 Å². The molecular weight excluding hydrogens is 380 g/mol. The normalized spacial score (nSPS) is 12.0. The number of anilines is 1. The summed E-state index contributed by atoms with van der Waals surface area (Å²) >= 11 is 1.65. The minimum absolute atomic E-state index is 0.269. The van der Waals surface area contributed by atoms with E-state index < -0.39 is 0 Å². The van der Waals surface area contributed by atoms with Gasteiger partial charge in [0.1, 0.15) is 0 Å². The Morgan fingerprint density at radius 1 is 1.11 bits per heavy atom. The highest BCUT2D eigenvalue weighted by molar-refractivity contribution is 7.98. The molecule has 1 aromatic heterocycles. The van der Waals surface area contributed by atoms with Gasteiger partial charge >= 0.3 is 0 Å². The zero-order valence-corrected chi connectivity index (χ0v) is 16.4. The number of aromatic nitrogens is 1. The second-order valence-electron chi connectivity index (χ2n) is 5.99. The fourth-order valence-corrected chi connectivity index (χ4v) is 4.17. The predicted molar refractivity (Wildman–Crippen MR) is 106 cm³/mol. The van der Waals surface area contributed by atoms with E-state index in [-0.39, 0.29) is 11.6 Å². The van der Waals surface area contributed by atoms with Crippen LogP contribution in [0.4, 0.5) is 5.69 Å². The number of hydrogen-bond donors (Lipinski definition) is 1. The summed E-state index contributed by atoms with van der Waals surface area (Å²) < 4.78 is 21.5. The van der Waals surface area contributed by atoms with Gasteiger partial charge in [-0.3, -0.25) is 4.79 Å². The summed E-state index contributed by atoms with van der Waals surface area (Å²) in [6.45, 7) is 0. The number of rotatable bonds is 5. The van der Waals surface area contributed by atoms with Gasteiger partial charge in [-0.15, -0.1) is 11.8 Å². The maximum atomic E-state index is 12.9. The molecule has 0 saturated heterocycles. The Hall–Kier alpha value is -3.13. The van der Waals surface area contributed by atoms with E-state index in [4.69, 9.17) is 18.7 Å². The molecule has 0 aliphatic carbocycles. The van der Waals surface area contributed by atoms with Crippen LogP contribution in [-0.2, 0) is 5.75 Å². The van der Waals surface area contributed by atoms with Crippen molar-refractivity contribution in [2.45, 2.75) is 10.6 Å². The highest BCUT2D eigenvalue weighted by Crippen LogP contribution is 2.43. The summed E-state index contributed by atoms with van der Waals surface area (Å²) in [5, 5.41) is 6.86. The number of fused-ring (bicyclic) bond motifs is 3. The van der Waals surface area contributed by atoms with Gasteiger partial charge in [0.2, 0.25) is 5.75 Å². The molecule has 0 saturated carbocycles. The Labute approximate surface area is 166 Å². The van der Waals surface area contributed by atoms with Gasteiger partial charge in [0.15, 0.2) is 23.0 Å². The van der Waals surface area contributed by atoms with Crippen molar-refractivity contribution in [3.05, 3.63) is 47.7 Å². The molecule has 0 fully saturated rings. The molecular formula is C20H18N2O5S. The van der Waals surface area contributed by atoms with Gasteiger partial charge in [0, 0.05) is 39.6 Å². The first-order chi connectivity index (χ1) is 13.7. The highest BCUT2D eigenvalue weighted by Gasteiger charge is 2.28. The van der Waals surface area contributed by atoms with Crippen LogP contribution in [0.3, 0.4) is 0 Å². The number of ether oxygens (including phenoxy) is 3. The Bertz CT molecular complexity index is 1020. The van der Waals surface area contributed by atoms with Crippen LogP contribution in [0, 0.1) is 0 Å². The summed E-state index contributed by atoms with van der Waals surface area (Å²) in [4.78, 5) is 14.0. The second kappa shape index (κ2) is 7.47. The molecule has 1 aliphatic rings. The van der Waals surface area contributed by atoms with Crippen molar-refractivity contribution in [3.8, 4) is 28.6 Å². The molecule has 28 heavy (non-hydrogen) atoms. The second-order valence-corrected chi connectivity index (χ2v) is 7.01. The molecule has 7 nitrogen and oxygen atoms in total. The van der Waals surface area contributed by atoms with Crippen LogP contribution in [-0.4, -0.2) is 32.4 Å². The first-order valence-corrected chi connectivity index (χ1v) is 9.47. The number of thioether (sulfide) groups is 1. The monoisotopic (exact) mass is 398 g/mol. The van der Waals surface area contributed by atoms with Crippen molar-refractivity contribution in [1.82, 2.24) is 5.16 Å². The van der Waals surface area contributed by atoms with Crippen LogP contribution in [0.2, 0.25) is 0 Å². The average Bonchev–Trinajstić information content (AvgIpc) is 3.17. The molecule has 1 aliphatic heterocycles. The molecule has 0 unspecified atom stereocenters. The zero-order valence-electron chi connectivity index (χ0n) is 15.6. The van der Waals surface area contributed by atoms with E-state index in [9.17, 15) is 4.79 Å². The van der Waals surface area contributed by atoms with Crippen molar-refractivity contribution >= 4 is 23.4 Å². The van der Waals surface area contributed by atoms with Crippen LogP contribution in [0.5, 0.6) is 17.2 Å². The van der Waals surface area contributed by atoms with Crippen LogP contribution >= 0.6 is 11.8 Å². The first kappa shape index (κ1) is 18.2. The van der Waals surface area contributed by atoms with Crippen molar-refractivity contribution in [2.24, 2.45) is 0 Å². The highest BCUT2D eigenvalue weighted by atomic mass is 32.2. The van der Waals surface area contributed by atoms with Gasteiger partial charge < -0.3 is 24.1 Å². The minimum atomic E-state index is -0.362. The minimum Gasteiger partial charge on any atom is -0.493 e. The Morgan fingerprint density at radius 2 is 1.82 bits per heavy atom. The van der Waals surface area contributed by atoms with E-state index in [1.165, 1.54) is 21.3 Å². The van der Waals surface area contributed by atoms with Gasteiger partial charge in [0.05, 0.1) is 21.3 Å². The van der Waals surface area contributed by atoms with Crippen molar-refractivity contribution in [3.63, 3.8) is 0 Å². The molecule has 4 rings (SSSR count). The maximum Gasteiger partial charge on any atom is 0.278 e. The summed E-state index contributed by atoms with van der Waals surface area (Å²) in [7, 11) is 4.56. The lowest BCUT2D eigenvalue weighted by Crippen LogP contribution is -2.15. The molecule has 0 radical (unpaired) electrons. The van der Waals surface area contributed by atoms with E-state index in [2.05, 4.69) is 10.5 Å². The third-order valence-electron chi connectivity index (χ3n) is 4.43. The third-order valence-corrected chi connectivity index (χ3v) is 5.53. The topological polar surface area (TPSA) is 82.8 Å². The van der Waals surface area contributed by atoms with E-state index in [0.29, 0.717) is 34.4 Å². The van der Waals surface area contributed by atoms with Gasteiger partial charge in [-0.1, -0.05) is 17.3 Å². The quantitative estimate of drug-likeness (QED) is 0.689. The Balaban J connectivity index is 1.65. The largest absolute Gasteiger partial charge is 0.493 e. The lowest BCUT2D eigenvalue weighted by molar-refractivity contribution is 0.101. The van der Waals surface area contributed by atoms with Crippen LogP contribution in [0.25, 0.3) is 11.3 Å². The van der Waals surface area contributed by atoms with Crippen molar-refractivity contribution in [2.75, 3.05) is 26.6 Å². The van der Waals surface area contributed by atoms with Crippen LogP contribution < -0.4 is 19.5 Å². The number of carbonyl (C=O) groups is 1. The molecule has 0 bridgehead atoms. The first-order valence-electron chi connectivity index (χ1n) is 8.48. The van der Waals surface area contributed by atoms with E-state index in [1.54, 1.807) is 23.9 Å². The molecule has 1 N–H and O–H groups in total. The lowest BCUT2D eigenvalue weighted by Gasteiger charge is -2.15. The van der Waals surface area contributed by atoms with Gasteiger partial charge in [0.25, 0.3) is 5.91 Å². The lowest BCUT2D eigenvalue weighted by atomic mass is 10.1. The third kappa shape index (κ3) is 3.05. The smallest absolute Gasteiger partial charge is 0.278 e. The molecule has 2 heterocycles. The molecule has 0 atom stereocenters. The van der Waals surface area contributed by atoms with Crippen molar-refractivity contribution < 1.29 is 23.5 Å². The summed E-state index contributed by atoms with van der Waals surface area (Å²) in [6.07, 6.45) is 0. The fraction of sp³-hybridized carbons (Fsp3) is 0.200. The molecule has 8 heteroatoms. The van der Waals surface area contributed by atoms with Gasteiger partial charge in [-0.2, -0.15) is 0 Å². The standard InChI is InChI=1S/C20H18N2O5S/c1-24-14-8-11(9-15(25-2)19(14)26-3)21-20(23)17-13-10-28-16-7-5-4-6-12(16)18(13)27-22-17/h4-9H,10H2,1-3H3,(H,21,23). The molecule has 3 aromatic rings. The zero-order chi connectivity index (χ0) is 19.7. The summed E-state index contributed by atoms with van der Waals surface area (Å²) in [5.74, 6) is 2.25. The van der Waals surface area contributed by atoms with Gasteiger partial charge in [-0.25, -0.2) is 0 Å². The predicted octanol–water partition coefficient (Wildman–Crippen LogP) is 4.23. The number of benzene rings is 2. The van der Waals surface area contributed by atoms with E-state index >= 15 is 0 Å². The maximum absolute atomic E-state index is 12.9. The van der Waals surface area contributed by atoms with Crippen LogP contribution in [0.15, 0.2) is 45.8 Å². The summed E-state index contributed by atoms with van der Waals surface area (Å²) in [5.41, 5.74) is 2.51. The Kier molecular flexibility index (Phi) is 4.87. The van der Waals surface area contributed by atoms with Crippen molar-refractivity contribution in [1.29, 1.82) is 0 Å². The number of methoxy groups -OCH3 is 3. The van der Waals surface area contributed by atoms with E-state index in [1.807, 2.05) is 24.3 Å². The number of nitrogens with one attached hydrogen (secondary N) is 1. The number of carbonyl (C=O) groups excluding carboxylic acids is 1. The molecule has 0 spiro atoms. The number of hydrogen-bond acceptors (Lipinski definition) is 7. The average molecular weight is 398 g/mol. The SMILES string of the molecule is COc1cc(NC(=O)c2noc3c2CSc2ccccc2-3)cc(OC)c1OC.